The first kappa shape index (κ1) is 12.6. The van der Waals surface area contributed by atoms with Gasteiger partial charge in [-0.15, -0.1) is 0 Å². The van der Waals surface area contributed by atoms with Gasteiger partial charge >= 0.3 is 0 Å². The molecule has 4 heteroatoms. The van der Waals surface area contributed by atoms with Crippen LogP contribution < -0.4 is 0 Å². The molecule has 3 rings (SSSR count). The molecule has 1 aromatic rings. The van der Waals surface area contributed by atoms with E-state index in [-0.39, 0.29) is 22.3 Å². The molecule has 0 aliphatic heterocycles. The summed E-state index contributed by atoms with van der Waals surface area (Å²) in [6, 6.07) is 6.42. The fraction of sp³-hybridized carbons (Fsp3) is 0.467. The Bertz CT molecular complexity index is 570. The van der Waals surface area contributed by atoms with Crippen molar-refractivity contribution >= 4 is 17.4 Å². The van der Waals surface area contributed by atoms with Crippen LogP contribution in [-0.4, -0.2) is 5.78 Å². The maximum atomic E-state index is 13.9. The normalized spacial score (nSPS) is 29.4. The molecular weight excluding hydrogens is 265 g/mol. The van der Waals surface area contributed by atoms with Crippen LogP contribution in [0.4, 0.5) is 4.39 Å². The summed E-state index contributed by atoms with van der Waals surface area (Å²) in [6.45, 7) is 0. The topological polar surface area (TPSA) is 40.9 Å². The molecule has 2 nitrogen and oxygen atoms in total. The standard InChI is InChI=1S/C15H13ClFNO/c16-12-6-2-5-10(14(12)17)11(7-18)15(19)13-8-3-1-4-9(8)13/h2,5-6,8-9,11,13H,1,3-4H2. The van der Waals surface area contributed by atoms with Gasteiger partial charge < -0.3 is 0 Å². The summed E-state index contributed by atoms with van der Waals surface area (Å²) in [7, 11) is 0. The third kappa shape index (κ3) is 1.95. The first-order chi connectivity index (χ1) is 9.15. The molecule has 3 atom stereocenters. The molecule has 3 unspecified atom stereocenters. The van der Waals surface area contributed by atoms with Gasteiger partial charge in [0, 0.05) is 11.5 Å². The summed E-state index contributed by atoms with van der Waals surface area (Å²) in [6.07, 6.45) is 3.30. The minimum Gasteiger partial charge on any atom is -0.298 e. The van der Waals surface area contributed by atoms with Crippen LogP contribution in [0.2, 0.25) is 5.02 Å². The molecule has 0 spiro atoms. The average Bonchev–Trinajstić information content (AvgIpc) is 2.88. The molecule has 2 aliphatic rings. The van der Waals surface area contributed by atoms with Crippen molar-refractivity contribution in [1.29, 1.82) is 5.26 Å². The van der Waals surface area contributed by atoms with Crippen LogP contribution >= 0.6 is 11.6 Å². The van der Waals surface area contributed by atoms with E-state index in [1.165, 1.54) is 18.6 Å². The summed E-state index contributed by atoms with van der Waals surface area (Å²) >= 11 is 5.71. The molecule has 19 heavy (non-hydrogen) atoms. The fourth-order valence-electron chi connectivity index (χ4n) is 3.47. The molecule has 2 saturated carbocycles. The van der Waals surface area contributed by atoms with Crippen molar-refractivity contribution in [3.63, 3.8) is 0 Å². The monoisotopic (exact) mass is 277 g/mol. The van der Waals surface area contributed by atoms with Crippen molar-refractivity contribution in [2.45, 2.75) is 25.2 Å². The van der Waals surface area contributed by atoms with Crippen LogP contribution in [0.1, 0.15) is 30.7 Å². The first-order valence-corrected chi connectivity index (χ1v) is 6.90. The lowest BCUT2D eigenvalue weighted by Gasteiger charge is -2.11. The molecule has 1 aromatic carbocycles. The molecule has 0 amide bonds. The van der Waals surface area contributed by atoms with Gasteiger partial charge in [-0.3, -0.25) is 4.79 Å². The lowest BCUT2D eigenvalue weighted by Crippen LogP contribution is -2.17. The highest BCUT2D eigenvalue weighted by molar-refractivity contribution is 6.30. The second kappa shape index (κ2) is 4.61. The van der Waals surface area contributed by atoms with Gasteiger partial charge in [0.1, 0.15) is 11.7 Å². The fourth-order valence-corrected chi connectivity index (χ4v) is 3.65. The number of fused-ring (bicyclic) bond motifs is 1. The van der Waals surface area contributed by atoms with E-state index in [0.717, 1.165) is 12.8 Å². The highest BCUT2D eigenvalue weighted by atomic mass is 35.5. The molecule has 0 radical (unpaired) electrons. The Morgan fingerprint density at radius 1 is 1.42 bits per heavy atom. The van der Waals surface area contributed by atoms with E-state index >= 15 is 0 Å². The van der Waals surface area contributed by atoms with Gasteiger partial charge in [0.2, 0.25) is 0 Å². The van der Waals surface area contributed by atoms with Crippen LogP contribution in [0, 0.1) is 34.9 Å². The van der Waals surface area contributed by atoms with E-state index in [9.17, 15) is 14.4 Å². The second-order valence-electron chi connectivity index (χ2n) is 5.39. The summed E-state index contributed by atoms with van der Waals surface area (Å²) in [5.74, 6) is -0.949. The number of benzene rings is 1. The highest BCUT2D eigenvalue weighted by Gasteiger charge is 2.57. The van der Waals surface area contributed by atoms with Crippen molar-refractivity contribution in [2.75, 3.05) is 0 Å². The molecule has 0 heterocycles. The van der Waals surface area contributed by atoms with E-state index in [2.05, 4.69) is 0 Å². The quantitative estimate of drug-likeness (QED) is 0.845. The maximum absolute atomic E-state index is 13.9. The molecule has 0 N–H and O–H groups in total. The number of hydrogen-bond donors (Lipinski definition) is 0. The van der Waals surface area contributed by atoms with Gasteiger partial charge in [0.25, 0.3) is 0 Å². The Morgan fingerprint density at radius 2 is 2.11 bits per heavy atom. The zero-order valence-corrected chi connectivity index (χ0v) is 11.0. The summed E-state index contributed by atoms with van der Waals surface area (Å²) < 4.78 is 13.9. The third-order valence-electron chi connectivity index (χ3n) is 4.44. The van der Waals surface area contributed by atoms with E-state index in [0.29, 0.717) is 11.8 Å². The van der Waals surface area contributed by atoms with Crippen LogP contribution in [0.25, 0.3) is 0 Å². The zero-order valence-electron chi connectivity index (χ0n) is 10.3. The maximum Gasteiger partial charge on any atom is 0.158 e. The minimum atomic E-state index is -1.02. The number of nitrogens with zero attached hydrogens (tertiary/aromatic N) is 1. The lowest BCUT2D eigenvalue weighted by atomic mass is 9.90. The van der Waals surface area contributed by atoms with Crippen molar-refractivity contribution in [3.8, 4) is 6.07 Å². The Kier molecular flexibility index (Phi) is 3.06. The summed E-state index contributed by atoms with van der Waals surface area (Å²) in [5, 5.41) is 9.18. The van der Waals surface area contributed by atoms with Gasteiger partial charge in [-0.1, -0.05) is 30.2 Å². The number of halogens is 2. The lowest BCUT2D eigenvalue weighted by molar-refractivity contribution is -0.121. The van der Waals surface area contributed by atoms with Crippen molar-refractivity contribution < 1.29 is 9.18 Å². The van der Waals surface area contributed by atoms with Gasteiger partial charge in [-0.2, -0.15) is 5.26 Å². The number of hydrogen-bond acceptors (Lipinski definition) is 2. The predicted molar refractivity (Wildman–Crippen MR) is 69.1 cm³/mol. The predicted octanol–water partition coefficient (Wildman–Crippen LogP) is 3.70. The van der Waals surface area contributed by atoms with E-state index in [1.807, 2.05) is 6.07 Å². The molecule has 0 aromatic heterocycles. The average molecular weight is 278 g/mol. The number of carbonyl (C=O) groups excluding carboxylic acids is 1. The largest absolute Gasteiger partial charge is 0.298 e. The van der Waals surface area contributed by atoms with Crippen LogP contribution in [0.3, 0.4) is 0 Å². The third-order valence-corrected chi connectivity index (χ3v) is 4.73. The number of Topliss-reactive ketones (excluding diaryl/α,β-unsaturated/α-hetero) is 1. The first-order valence-electron chi connectivity index (χ1n) is 6.52. The molecule has 2 aliphatic carbocycles. The zero-order chi connectivity index (χ0) is 13.6. The Hall–Kier alpha value is -1.40. The highest BCUT2D eigenvalue weighted by Crippen LogP contribution is 2.59. The number of carbonyl (C=O) groups is 1. The number of nitriles is 1. The van der Waals surface area contributed by atoms with Gasteiger partial charge in [-0.25, -0.2) is 4.39 Å². The molecule has 98 valence electrons. The van der Waals surface area contributed by atoms with Crippen molar-refractivity contribution in [2.24, 2.45) is 17.8 Å². The minimum absolute atomic E-state index is 0.0308. The molecule has 0 saturated heterocycles. The van der Waals surface area contributed by atoms with Crippen LogP contribution in [0.5, 0.6) is 0 Å². The SMILES string of the molecule is N#CC(C(=O)C1C2CCCC21)c1cccc(Cl)c1F. The van der Waals surface area contributed by atoms with E-state index in [1.54, 1.807) is 6.07 Å². The second-order valence-corrected chi connectivity index (χ2v) is 5.80. The molecule has 0 bridgehead atoms. The number of rotatable bonds is 3. The molecule has 2 fully saturated rings. The summed E-state index contributed by atoms with van der Waals surface area (Å²) in [5.41, 5.74) is 0.116. The number of ketones is 1. The summed E-state index contributed by atoms with van der Waals surface area (Å²) in [4.78, 5) is 12.4. The van der Waals surface area contributed by atoms with E-state index in [4.69, 9.17) is 11.6 Å². The molecular formula is C15H13ClFNO. The Morgan fingerprint density at radius 3 is 2.74 bits per heavy atom. The van der Waals surface area contributed by atoms with Gasteiger partial charge in [0.05, 0.1) is 11.1 Å². The van der Waals surface area contributed by atoms with Crippen molar-refractivity contribution in [1.82, 2.24) is 0 Å². The van der Waals surface area contributed by atoms with Crippen molar-refractivity contribution in [3.05, 3.63) is 34.6 Å². The van der Waals surface area contributed by atoms with Crippen LogP contribution in [0.15, 0.2) is 18.2 Å². The Balaban J connectivity index is 1.87. The van der Waals surface area contributed by atoms with Gasteiger partial charge in [0.15, 0.2) is 5.78 Å². The Labute approximate surface area is 116 Å². The smallest absolute Gasteiger partial charge is 0.158 e. The van der Waals surface area contributed by atoms with Crippen LogP contribution in [-0.2, 0) is 4.79 Å². The van der Waals surface area contributed by atoms with Gasteiger partial charge in [-0.05, 0) is 30.7 Å². The van der Waals surface area contributed by atoms with E-state index < -0.39 is 11.7 Å².